The van der Waals surface area contributed by atoms with E-state index in [1.54, 1.807) is 42.5 Å². The van der Waals surface area contributed by atoms with Gasteiger partial charge in [0, 0.05) is 24.1 Å². The standard InChI is InChI=1S/C20H21N3O6S/c1-30(28,29)22-14-6-4-5-13(11-14)16-12-17(15-7-2-3-8-18(15)24)23(21-16)19(25)9-10-20(26)27/h2-8,11,17,22,24H,9-10,12H2,1H3,(H,26,27)/t17-/m1/s1. The second-order valence-corrected chi connectivity index (χ2v) is 8.66. The Morgan fingerprint density at radius 2 is 1.90 bits per heavy atom. The van der Waals surface area contributed by atoms with E-state index in [1.807, 2.05) is 0 Å². The van der Waals surface area contributed by atoms with Gasteiger partial charge in [0.1, 0.15) is 5.75 Å². The number of amides is 1. The zero-order valence-corrected chi connectivity index (χ0v) is 17.0. The normalized spacial score (nSPS) is 16.2. The highest BCUT2D eigenvalue weighted by Crippen LogP contribution is 2.37. The first-order chi connectivity index (χ1) is 14.1. The van der Waals surface area contributed by atoms with Gasteiger partial charge in [0.15, 0.2) is 0 Å². The fraction of sp³-hybridized carbons (Fsp3) is 0.250. The number of carboxylic acid groups (broad SMARTS) is 1. The van der Waals surface area contributed by atoms with E-state index in [0.29, 0.717) is 22.5 Å². The molecular weight excluding hydrogens is 410 g/mol. The molecule has 0 spiro atoms. The lowest BCUT2D eigenvalue weighted by molar-refractivity contribution is -0.141. The summed E-state index contributed by atoms with van der Waals surface area (Å²) in [6, 6.07) is 12.6. The first-order valence-corrected chi connectivity index (χ1v) is 11.0. The van der Waals surface area contributed by atoms with Crippen molar-refractivity contribution in [2.45, 2.75) is 25.3 Å². The van der Waals surface area contributed by atoms with E-state index in [1.165, 1.54) is 11.1 Å². The molecule has 158 valence electrons. The lowest BCUT2D eigenvalue weighted by atomic mass is 9.97. The average molecular weight is 431 g/mol. The van der Waals surface area contributed by atoms with E-state index in [2.05, 4.69) is 9.82 Å². The summed E-state index contributed by atoms with van der Waals surface area (Å²) in [7, 11) is -3.46. The smallest absolute Gasteiger partial charge is 0.303 e. The van der Waals surface area contributed by atoms with Crippen LogP contribution in [0, 0.1) is 0 Å². The van der Waals surface area contributed by atoms with E-state index >= 15 is 0 Å². The summed E-state index contributed by atoms with van der Waals surface area (Å²) in [6.07, 6.45) is 0.760. The molecule has 0 unspecified atom stereocenters. The number of nitrogens with one attached hydrogen (secondary N) is 1. The molecule has 30 heavy (non-hydrogen) atoms. The number of hydrogen-bond donors (Lipinski definition) is 3. The van der Waals surface area contributed by atoms with Crippen LogP contribution in [0.1, 0.15) is 36.4 Å². The zero-order valence-electron chi connectivity index (χ0n) is 16.1. The third kappa shape index (κ3) is 5.15. The minimum absolute atomic E-state index is 0.00229. The molecular formula is C20H21N3O6S. The molecule has 0 bridgehead atoms. The molecule has 9 nitrogen and oxygen atoms in total. The van der Waals surface area contributed by atoms with E-state index in [0.717, 1.165) is 6.26 Å². The number of rotatable bonds is 7. The van der Waals surface area contributed by atoms with Crippen molar-refractivity contribution >= 4 is 33.3 Å². The van der Waals surface area contributed by atoms with Gasteiger partial charge in [-0.2, -0.15) is 5.10 Å². The number of anilines is 1. The number of carbonyl (C=O) groups is 2. The van der Waals surface area contributed by atoms with Crippen molar-refractivity contribution < 1.29 is 28.2 Å². The number of phenols is 1. The van der Waals surface area contributed by atoms with Crippen LogP contribution >= 0.6 is 0 Å². The highest BCUT2D eigenvalue weighted by Gasteiger charge is 2.34. The third-order valence-electron chi connectivity index (χ3n) is 4.51. The highest BCUT2D eigenvalue weighted by molar-refractivity contribution is 7.92. The van der Waals surface area contributed by atoms with Gasteiger partial charge < -0.3 is 10.2 Å². The lowest BCUT2D eigenvalue weighted by Crippen LogP contribution is -2.27. The number of aliphatic carboxylic acids is 1. The fourth-order valence-corrected chi connectivity index (χ4v) is 3.79. The number of sulfonamides is 1. The molecule has 3 N–H and O–H groups in total. The number of aromatic hydroxyl groups is 1. The van der Waals surface area contributed by atoms with Gasteiger partial charge in [-0.3, -0.25) is 14.3 Å². The maximum Gasteiger partial charge on any atom is 0.303 e. The highest BCUT2D eigenvalue weighted by atomic mass is 32.2. The molecule has 10 heteroatoms. The van der Waals surface area contributed by atoms with Crippen LogP contribution in [-0.4, -0.2) is 47.5 Å². The van der Waals surface area contributed by atoms with Crippen LogP contribution in [0.15, 0.2) is 53.6 Å². The monoisotopic (exact) mass is 431 g/mol. The number of para-hydroxylation sites is 1. The number of hydrogen-bond acceptors (Lipinski definition) is 6. The number of carbonyl (C=O) groups excluding carboxylic acids is 1. The second kappa shape index (κ2) is 8.54. The molecule has 2 aromatic carbocycles. The van der Waals surface area contributed by atoms with Crippen LogP contribution in [0.3, 0.4) is 0 Å². The van der Waals surface area contributed by atoms with E-state index in [9.17, 15) is 23.1 Å². The third-order valence-corrected chi connectivity index (χ3v) is 5.12. The Kier molecular flexibility index (Phi) is 6.06. The summed E-state index contributed by atoms with van der Waals surface area (Å²) in [4.78, 5) is 23.5. The number of benzene rings is 2. The Morgan fingerprint density at radius 3 is 2.57 bits per heavy atom. The summed E-state index contributed by atoms with van der Waals surface area (Å²) >= 11 is 0. The summed E-state index contributed by atoms with van der Waals surface area (Å²) in [6.45, 7) is 0. The maximum atomic E-state index is 12.7. The Hall–Kier alpha value is -3.40. The lowest BCUT2D eigenvalue weighted by Gasteiger charge is -2.22. The van der Waals surface area contributed by atoms with E-state index in [4.69, 9.17) is 5.11 Å². The van der Waals surface area contributed by atoms with Crippen LogP contribution in [-0.2, 0) is 19.6 Å². The van der Waals surface area contributed by atoms with E-state index in [-0.39, 0.29) is 25.0 Å². The summed E-state index contributed by atoms with van der Waals surface area (Å²) in [5.74, 6) is -1.57. The molecule has 1 amide bonds. The topological polar surface area (TPSA) is 136 Å². The SMILES string of the molecule is CS(=O)(=O)Nc1cccc(C2=NN(C(=O)CCC(=O)O)[C@@H](c3ccccc3O)C2)c1. The van der Waals surface area contributed by atoms with Gasteiger partial charge in [-0.25, -0.2) is 13.4 Å². The van der Waals surface area contributed by atoms with Crippen LogP contribution in [0.25, 0.3) is 0 Å². The van der Waals surface area contributed by atoms with Crippen molar-refractivity contribution in [1.29, 1.82) is 0 Å². The van der Waals surface area contributed by atoms with Crippen LogP contribution < -0.4 is 4.72 Å². The van der Waals surface area contributed by atoms with Crippen LogP contribution in [0.5, 0.6) is 5.75 Å². The number of nitrogens with zero attached hydrogens (tertiary/aromatic N) is 2. The van der Waals surface area contributed by atoms with Crippen molar-refractivity contribution in [2.75, 3.05) is 11.0 Å². The number of carboxylic acids is 1. The average Bonchev–Trinajstić information content (AvgIpc) is 3.10. The summed E-state index contributed by atoms with van der Waals surface area (Å²) < 4.78 is 25.4. The van der Waals surface area contributed by atoms with Crippen molar-refractivity contribution in [1.82, 2.24) is 5.01 Å². The van der Waals surface area contributed by atoms with Gasteiger partial charge in [0.2, 0.25) is 15.9 Å². The molecule has 0 saturated carbocycles. The molecule has 0 aliphatic carbocycles. The molecule has 0 saturated heterocycles. The van der Waals surface area contributed by atoms with Crippen LogP contribution in [0.4, 0.5) is 5.69 Å². The molecule has 0 radical (unpaired) electrons. The first kappa shape index (κ1) is 21.3. The molecule has 1 heterocycles. The molecule has 1 aliphatic rings. The van der Waals surface area contributed by atoms with Gasteiger partial charge in [0.25, 0.3) is 0 Å². The fourth-order valence-electron chi connectivity index (χ4n) is 3.23. The first-order valence-electron chi connectivity index (χ1n) is 9.11. The molecule has 0 aromatic heterocycles. The van der Waals surface area contributed by atoms with Crippen molar-refractivity contribution in [2.24, 2.45) is 5.10 Å². The van der Waals surface area contributed by atoms with Crippen molar-refractivity contribution in [3.63, 3.8) is 0 Å². The molecule has 1 atom stereocenters. The Bertz CT molecular complexity index is 1110. The Labute approximate surface area is 173 Å². The zero-order chi connectivity index (χ0) is 21.9. The van der Waals surface area contributed by atoms with Gasteiger partial charge in [0.05, 0.1) is 24.4 Å². The summed E-state index contributed by atoms with van der Waals surface area (Å²) in [5, 5.41) is 24.7. The Balaban J connectivity index is 1.95. The van der Waals surface area contributed by atoms with E-state index < -0.39 is 27.9 Å². The molecule has 1 aliphatic heterocycles. The van der Waals surface area contributed by atoms with Gasteiger partial charge >= 0.3 is 5.97 Å². The number of hydrazone groups is 1. The minimum atomic E-state index is -3.46. The number of phenolic OH excluding ortho intramolecular Hbond substituents is 1. The molecule has 2 aromatic rings. The second-order valence-electron chi connectivity index (χ2n) is 6.91. The maximum absolute atomic E-state index is 12.7. The van der Waals surface area contributed by atoms with Crippen molar-refractivity contribution in [3.05, 3.63) is 59.7 Å². The minimum Gasteiger partial charge on any atom is -0.508 e. The van der Waals surface area contributed by atoms with Crippen molar-refractivity contribution in [3.8, 4) is 5.75 Å². The van der Waals surface area contributed by atoms with Crippen LogP contribution in [0.2, 0.25) is 0 Å². The molecule has 0 fully saturated rings. The Morgan fingerprint density at radius 1 is 1.17 bits per heavy atom. The van der Waals surface area contributed by atoms with Gasteiger partial charge in [-0.15, -0.1) is 0 Å². The molecule has 3 rings (SSSR count). The summed E-state index contributed by atoms with van der Waals surface area (Å²) in [5.41, 5.74) is 1.97. The quantitative estimate of drug-likeness (QED) is 0.615. The predicted molar refractivity (Wildman–Crippen MR) is 111 cm³/mol. The predicted octanol–water partition coefficient (Wildman–Crippen LogP) is 2.31. The van der Waals surface area contributed by atoms with Gasteiger partial charge in [-0.05, 0) is 23.8 Å². The largest absolute Gasteiger partial charge is 0.508 e. The van der Waals surface area contributed by atoms with Gasteiger partial charge in [-0.1, -0.05) is 30.3 Å².